The van der Waals surface area contributed by atoms with E-state index in [-0.39, 0.29) is 10.9 Å². The average Bonchev–Trinajstić information content (AvgIpc) is 2.55. The number of fused-ring (bicyclic) bond motifs is 1. The first kappa shape index (κ1) is 15.9. The van der Waals surface area contributed by atoms with Crippen molar-refractivity contribution >= 4 is 15.7 Å². The molecular formula is C16H16F2N2O2S. The van der Waals surface area contributed by atoms with Gasteiger partial charge in [-0.1, -0.05) is 6.07 Å². The second-order valence-electron chi connectivity index (χ2n) is 5.48. The minimum Gasteiger partial charge on any atom is -0.307 e. The maximum Gasteiger partial charge on any atom is 0.261 e. The molecule has 122 valence electrons. The van der Waals surface area contributed by atoms with Crippen molar-refractivity contribution in [2.45, 2.75) is 23.9 Å². The van der Waals surface area contributed by atoms with Gasteiger partial charge in [-0.25, -0.2) is 17.2 Å². The number of hydrogen-bond donors (Lipinski definition) is 2. The van der Waals surface area contributed by atoms with Crippen molar-refractivity contribution in [3.05, 3.63) is 59.4 Å². The summed E-state index contributed by atoms with van der Waals surface area (Å²) in [5.74, 6) is -0.435. The minimum absolute atomic E-state index is 0.126. The van der Waals surface area contributed by atoms with Crippen molar-refractivity contribution in [3.63, 3.8) is 0 Å². The molecule has 2 N–H and O–H groups in total. The van der Waals surface area contributed by atoms with Gasteiger partial charge in [-0.2, -0.15) is 0 Å². The highest BCUT2D eigenvalue weighted by Gasteiger charge is 2.21. The molecule has 0 saturated carbocycles. The fourth-order valence-electron chi connectivity index (χ4n) is 2.57. The van der Waals surface area contributed by atoms with Crippen molar-refractivity contribution in [3.8, 4) is 0 Å². The molecule has 1 unspecified atom stereocenters. The molecule has 2 aromatic carbocycles. The molecule has 0 aromatic heterocycles. The molecule has 2 aromatic rings. The van der Waals surface area contributed by atoms with Gasteiger partial charge >= 0.3 is 0 Å². The third-order valence-electron chi connectivity index (χ3n) is 3.82. The predicted molar refractivity (Wildman–Crippen MR) is 84.0 cm³/mol. The van der Waals surface area contributed by atoms with Crippen LogP contribution in [0.15, 0.2) is 47.4 Å². The van der Waals surface area contributed by atoms with Crippen molar-refractivity contribution in [1.29, 1.82) is 0 Å². The Morgan fingerprint density at radius 3 is 2.57 bits per heavy atom. The Morgan fingerprint density at radius 2 is 1.87 bits per heavy atom. The van der Waals surface area contributed by atoms with Crippen LogP contribution in [0.5, 0.6) is 0 Å². The highest BCUT2D eigenvalue weighted by molar-refractivity contribution is 7.92. The third-order valence-corrected chi connectivity index (χ3v) is 5.20. The standard InChI is InChI=1S/C16H16F2N2O2S/c17-9-15-7-11-1-6-16(8-12(11)10-19-15)23(21,22)20-14-4-2-13(18)3-5-14/h1-6,8,15,19-20H,7,9-10H2. The van der Waals surface area contributed by atoms with Crippen LogP contribution in [0, 0.1) is 5.82 Å². The number of nitrogens with one attached hydrogen (secondary N) is 2. The summed E-state index contributed by atoms with van der Waals surface area (Å²) in [6, 6.07) is 9.68. The average molecular weight is 338 g/mol. The predicted octanol–water partition coefficient (Wildman–Crippen LogP) is 2.61. The molecule has 1 heterocycles. The zero-order valence-electron chi connectivity index (χ0n) is 12.2. The molecule has 0 saturated heterocycles. The summed E-state index contributed by atoms with van der Waals surface area (Å²) in [5, 5.41) is 3.03. The molecule has 0 radical (unpaired) electrons. The summed E-state index contributed by atoms with van der Waals surface area (Å²) in [6.45, 7) is -0.0184. The van der Waals surface area contributed by atoms with Gasteiger partial charge in [-0.3, -0.25) is 4.72 Å². The fourth-order valence-corrected chi connectivity index (χ4v) is 3.68. The quantitative estimate of drug-likeness (QED) is 0.901. The van der Waals surface area contributed by atoms with Crippen molar-refractivity contribution in [1.82, 2.24) is 5.32 Å². The summed E-state index contributed by atoms with van der Waals surface area (Å²) in [5.41, 5.74) is 2.09. The lowest BCUT2D eigenvalue weighted by molar-refractivity contribution is 0.358. The van der Waals surface area contributed by atoms with Crippen molar-refractivity contribution in [2.75, 3.05) is 11.4 Å². The van der Waals surface area contributed by atoms with E-state index in [0.717, 1.165) is 11.1 Å². The van der Waals surface area contributed by atoms with Crippen LogP contribution in [0.4, 0.5) is 14.5 Å². The SMILES string of the molecule is O=S(=O)(Nc1ccc(F)cc1)c1ccc2c(c1)CNC(CF)C2. The summed E-state index contributed by atoms with van der Waals surface area (Å²) < 4.78 is 52.8. The third kappa shape index (κ3) is 3.51. The van der Waals surface area contributed by atoms with E-state index in [1.165, 1.54) is 30.3 Å². The molecule has 3 rings (SSSR count). The molecule has 0 fully saturated rings. The van der Waals surface area contributed by atoms with Crippen LogP contribution in [0.25, 0.3) is 0 Å². The van der Waals surface area contributed by atoms with E-state index >= 15 is 0 Å². The second kappa shape index (κ2) is 6.25. The number of alkyl halides is 1. The summed E-state index contributed by atoms with van der Waals surface area (Å²) >= 11 is 0. The number of sulfonamides is 1. The van der Waals surface area contributed by atoms with Gasteiger partial charge in [0.2, 0.25) is 0 Å². The molecule has 1 aliphatic rings. The Bertz CT molecular complexity index is 807. The molecule has 1 atom stereocenters. The van der Waals surface area contributed by atoms with Gasteiger partial charge in [0.25, 0.3) is 10.0 Å². The Balaban J connectivity index is 1.84. The zero-order chi connectivity index (χ0) is 16.4. The Labute approximate surface area is 133 Å². The number of benzene rings is 2. The lowest BCUT2D eigenvalue weighted by Gasteiger charge is -2.24. The van der Waals surface area contributed by atoms with Gasteiger partial charge in [0, 0.05) is 18.3 Å². The van der Waals surface area contributed by atoms with Gasteiger partial charge in [0.05, 0.1) is 4.90 Å². The first-order chi connectivity index (χ1) is 11.0. The van der Waals surface area contributed by atoms with Crippen LogP contribution in [0.2, 0.25) is 0 Å². The molecule has 0 aliphatic carbocycles. The maximum atomic E-state index is 12.9. The summed E-state index contributed by atoms with van der Waals surface area (Å²) in [6.07, 6.45) is 0.539. The Morgan fingerprint density at radius 1 is 1.13 bits per heavy atom. The van der Waals surface area contributed by atoms with Gasteiger partial charge < -0.3 is 5.32 Å². The normalized spacial score (nSPS) is 17.6. The maximum absolute atomic E-state index is 12.9. The van der Waals surface area contributed by atoms with E-state index < -0.39 is 22.5 Å². The number of rotatable bonds is 4. The molecule has 4 nitrogen and oxygen atoms in total. The molecule has 7 heteroatoms. The summed E-state index contributed by atoms with van der Waals surface area (Å²) in [4.78, 5) is 0.126. The van der Waals surface area contributed by atoms with Gasteiger partial charge in [0.1, 0.15) is 12.5 Å². The first-order valence-electron chi connectivity index (χ1n) is 7.17. The van der Waals surface area contributed by atoms with Crippen LogP contribution in [-0.2, 0) is 23.0 Å². The molecule has 0 amide bonds. The van der Waals surface area contributed by atoms with Gasteiger partial charge in [-0.05, 0) is 53.9 Å². The van der Waals surface area contributed by atoms with Gasteiger partial charge in [0.15, 0.2) is 0 Å². The molecule has 0 bridgehead atoms. The highest BCUT2D eigenvalue weighted by atomic mass is 32.2. The van der Waals surface area contributed by atoms with Crippen LogP contribution < -0.4 is 10.0 Å². The van der Waals surface area contributed by atoms with E-state index in [4.69, 9.17) is 0 Å². The highest BCUT2D eigenvalue weighted by Crippen LogP contribution is 2.23. The van der Waals surface area contributed by atoms with Crippen molar-refractivity contribution in [2.24, 2.45) is 0 Å². The lowest BCUT2D eigenvalue weighted by Crippen LogP contribution is -2.37. The van der Waals surface area contributed by atoms with E-state index in [1.54, 1.807) is 12.1 Å². The van der Waals surface area contributed by atoms with E-state index in [0.29, 0.717) is 18.7 Å². The number of anilines is 1. The fraction of sp³-hybridized carbons (Fsp3) is 0.250. The lowest BCUT2D eigenvalue weighted by atomic mass is 9.96. The molecule has 1 aliphatic heterocycles. The van der Waals surface area contributed by atoms with Crippen molar-refractivity contribution < 1.29 is 17.2 Å². The first-order valence-corrected chi connectivity index (χ1v) is 8.66. The zero-order valence-corrected chi connectivity index (χ0v) is 13.0. The van der Waals surface area contributed by atoms with E-state index in [1.807, 2.05) is 0 Å². The van der Waals surface area contributed by atoms with E-state index in [2.05, 4.69) is 10.0 Å². The topological polar surface area (TPSA) is 58.2 Å². The smallest absolute Gasteiger partial charge is 0.261 e. The van der Waals surface area contributed by atoms with E-state index in [9.17, 15) is 17.2 Å². The Hall–Kier alpha value is -1.99. The number of halogens is 2. The van der Waals surface area contributed by atoms with Gasteiger partial charge in [-0.15, -0.1) is 0 Å². The molecule has 23 heavy (non-hydrogen) atoms. The summed E-state index contributed by atoms with van der Waals surface area (Å²) in [7, 11) is -3.75. The minimum atomic E-state index is -3.75. The van der Waals surface area contributed by atoms with Crippen LogP contribution in [0.1, 0.15) is 11.1 Å². The second-order valence-corrected chi connectivity index (χ2v) is 7.16. The largest absolute Gasteiger partial charge is 0.307 e. The van der Waals surface area contributed by atoms with Crippen LogP contribution >= 0.6 is 0 Å². The van der Waals surface area contributed by atoms with Crippen LogP contribution in [0.3, 0.4) is 0 Å². The number of hydrogen-bond acceptors (Lipinski definition) is 3. The van der Waals surface area contributed by atoms with Crippen LogP contribution in [-0.4, -0.2) is 21.1 Å². The Kier molecular flexibility index (Phi) is 4.32. The molecular weight excluding hydrogens is 322 g/mol. The monoisotopic (exact) mass is 338 g/mol. The molecule has 0 spiro atoms.